The van der Waals surface area contributed by atoms with Crippen LogP contribution in [-0.4, -0.2) is 69.8 Å². The molecule has 0 atom stereocenters. The van der Waals surface area contributed by atoms with E-state index in [1.807, 2.05) is 0 Å². The van der Waals surface area contributed by atoms with E-state index >= 15 is 0 Å². The summed E-state index contributed by atoms with van der Waals surface area (Å²) >= 11 is 0. The number of carbonyl (C=O) groups is 1. The first-order valence-electron chi connectivity index (χ1n) is 9.73. The number of halogens is 3. The molecule has 1 aliphatic heterocycles. The normalized spacial score (nSPS) is 15.1. The molecule has 1 amide bonds. The summed E-state index contributed by atoms with van der Waals surface area (Å²) in [7, 11) is 0. The molecule has 4 rings (SSSR count). The number of anilines is 2. The van der Waals surface area contributed by atoms with E-state index in [1.165, 1.54) is 12.4 Å². The molecule has 3 aromatic rings. The van der Waals surface area contributed by atoms with Gasteiger partial charge in [0.25, 0.3) is 5.91 Å². The van der Waals surface area contributed by atoms with Gasteiger partial charge in [-0.1, -0.05) is 0 Å². The fourth-order valence-corrected chi connectivity index (χ4v) is 3.22. The van der Waals surface area contributed by atoms with Crippen molar-refractivity contribution < 1.29 is 27.4 Å². The number of fused-ring (bicyclic) bond motifs is 1. The number of amides is 1. The smallest absolute Gasteiger partial charge is 0.433 e. The van der Waals surface area contributed by atoms with Crippen LogP contribution in [0.15, 0.2) is 30.7 Å². The highest BCUT2D eigenvalue weighted by molar-refractivity contribution is 6.12. The van der Waals surface area contributed by atoms with Gasteiger partial charge in [0, 0.05) is 38.1 Å². The molecule has 13 heteroatoms. The van der Waals surface area contributed by atoms with Gasteiger partial charge >= 0.3 is 6.18 Å². The third-order valence-electron chi connectivity index (χ3n) is 4.83. The van der Waals surface area contributed by atoms with E-state index < -0.39 is 17.8 Å². The molecule has 1 aliphatic rings. The standard InChI is InChI=1S/C19H20F3N7O3/c20-19(21,22)14-2-4-29-17(26-14)15(16(23)27-29)18(30)25-12-11-24-3-1-13(12)32-10-7-28-5-8-31-9-6-28/h1-4,11H,5-10H2,(H2,23,27)(H,25,30). The SMILES string of the molecule is Nc1nn2ccc(C(F)(F)F)nc2c1C(=O)Nc1cnccc1OCCN1CCOCC1. The fourth-order valence-electron chi connectivity index (χ4n) is 3.22. The Hall–Kier alpha value is -3.45. The molecule has 1 saturated heterocycles. The number of nitrogens with two attached hydrogens (primary N) is 1. The molecular formula is C19H20F3N7O3. The largest absolute Gasteiger partial charge is 0.490 e. The van der Waals surface area contributed by atoms with Gasteiger partial charge in [-0.25, -0.2) is 9.50 Å². The predicted octanol–water partition coefficient (Wildman–Crippen LogP) is 1.69. The zero-order chi connectivity index (χ0) is 22.7. The summed E-state index contributed by atoms with van der Waals surface area (Å²) in [4.78, 5) is 22.6. The maximum absolute atomic E-state index is 13.0. The summed E-state index contributed by atoms with van der Waals surface area (Å²) in [6.45, 7) is 3.99. The zero-order valence-corrected chi connectivity index (χ0v) is 16.8. The first-order chi connectivity index (χ1) is 15.3. The van der Waals surface area contributed by atoms with Gasteiger partial charge in [-0.15, -0.1) is 5.10 Å². The number of ether oxygens (including phenoxy) is 2. The first-order valence-corrected chi connectivity index (χ1v) is 9.73. The lowest BCUT2D eigenvalue weighted by Gasteiger charge is -2.26. The highest BCUT2D eigenvalue weighted by atomic mass is 19.4. The van der Waals surface area contributed by atoms with Crippen molar-refractivity contribution in [3.63, 3.8) is 0 Å². The van der Waals surface area contributed by atoms with E-state index in [-0.39, 0.29) is 22.7 Å². The molecule has 0 bridgehead atoms. The minimum atomic E-state index is -4.68. The van der Waals surface area contributed by atoms with Gasteiger partial charge in [0.05, 0.1) is 19.4 Å². The van der Waals surface area contributed by atoms with E-state index in [2.05, 4.69) is 25.3 Å². The van der Waals surface area contributed by atoms with E-state index in [1.54, 1.807) is 6.07 Å². The van der Waals surface area contributed by atoms with Gasteiger partial charge in [0.2, 0.25) is 0 Å². The third-order valence-corrected chi connectivity index (χ3v) is 4.83. The van der Waals surface area contributed by atoms with Crippen molar-refractivity contribution in [3.05, 3.63) is 42.0 Å². The van der Waals surface area contributed by atoms with Gasteiger partial charge < -0.3 is 20.5 Å². The molecule has 4 heterocycles. The van der Waals surface area contributed by atoms with Crippen molar-refractivity contribution in [2.45, 2.75) is 6.18 Å². The van der Waals surface area contributed by atoms with Crippen LogP contribution in [0.25, 0.3) is 5.65 Å². The summed E-state index contributed by atoms with van der Waals surface area (Å²) in [5, 5.41) is 6.44. The van der Waals surface area contributed by atoms with E-state index in [9.17, 15) is 18.0 Å². The highest BCUT2D eigenvalue weighted by Crippen LogP contribution is 2.29. The number of nitrogens with one attached hydrogen (secondary N) is 1. The molecule has 0 unspecified atom stereocenters. The minimum Gasteiger partial charge on any atom is -0.490 e. The number of carbonyl (C=O) groups excluding carboxylic acids is 1. The summed E-state index contributed by atoms with van der Waals surface area (Å²) in [5.74, 6) is -0.677. The highest BCUT2D eigenvalue weighted by Gasteiger charge is 2.34. The van der Waals surface area contributed by atoms with E-state index in [4.69, 9.17) is 15.2 Å². The number of alkyl halides is 3. The van der Waals surface area contributed by atoms with Crippen LogP contribution in [0.4, 0.5) is 24.7 Å². The van der Waals surface area contributed by atoms with Gasteiger partial charge in [0.15, 0.2) is 11.5 Å². The summed E-state index contributed by atoms with van der Waals surface area (Å²) in [5.41, 5.74) is 4.28. The Balaban J connectivity index is 1.51. The van der Waals surface area contributed by atoms with Crippen LogP contribution < -0.4 is 15.8 Å². The maximum Gasteiger partial charge on any atom is 0.433 e. The second-order valence-electron chi connectivity index (χ2n) is 6.97. The molecule has 0 radical (unpaired) electrons. The lowest BCUT2D eigenvalue weighted by molar-refractivity contribution is -0.141. The number of nitrogen functional groups attached to an aromatic ring is 1. The van der Waals surface area contributed by atoms with Gasteiger partial charge in [-0.3, -0.25) is 14.7 Å². The predicted molar refractivity (Wildman–Crippen MR) is 107 cm³/mol. The summed E-state index contributed by atoms with van der Waals surface area (Å²) in [6.07, 6.45) is -0.763. The zero-order valence-electron chi connectivity index (χ0n) is 16.8. The van der Waals surface area contributed by atoms with Crippen molar-refractivity contribution in [3.8, 4) is 5.75 Å². The van der Waals surface area contributed by atoms with Crippen molar-refractivity contribution in [1.82, 2.24) is 24.5 Å². The molecule has 1 fully saturated rings. The Labute approximate surface area is 180 Å². The van der Waals surface area contributed by atoms with Gasteiger partial charge in [0.1, 0.15) is 29.3 Å². The molecular weight excluding hydrogens is 431 g/mol. The van der Waals surface area contributed by atoms with Gasteiger partial charge in [-0.2, -0.15) is 13.2 Å². The fraction of sp³-hybridized carbons (Fsp3) is 0.368. The number of pyridine rings is 1. The summed E-state index contributed by atoms with van der Waals surface area (Å²) in [6, 6.07) is 2.33. The third kappa shape index (κ3) is 4.73. The van der Waals surface area contributed by atoms with Crippen LogP contribution in [0.5, 0.6) is 5.75 Å². The minimum absolute atomic E-state index is 0.241. The van der Waals surface area contributed by atoms with Gasteiger partial charge in [-0.05, 0) is 6.07 Å². The number of aromatic nitrogens is 4. The number of hydrogen-bond donors (Lipinski definition) is 2. The van der Waals surface area contributed by atoms with Crippen molar-refractivity contribution >= 4 is 23.1 Å². The maximum atomic E-state index is 13.0. The quantitative estimate of drug-likeness (QED) is 0.581. The average Bonchev–Trinajstić information content (AvgIpc) is 3.10. The average molecular weight is 451 g/mol. The number of morpholine rings is 1. The summed E-state index contributed by atoms with van der Waals surface area (Å²) < 4.78 is 51.3. The topological polar surface area (TPSA) is 120 Å². The van der Waals surface area contributed by atoms with Crippen LogP contribution in [0.1, 0.15) is 16.1 Å². The van der Waals surface area contributed by atoms with E-state index in [0.29, 0.717) is 32.1 Å². The van der Waals surface area contributed by atoms with Crippen LogP contribution in [0.2, 0.25) is 0 Å². The Bertz CT molecular complexity index is 1110. The Kier molecular flexibility index (Phi) is 6.10. The van der Waals surface area contributed by atoms with Crippen molar-refractivity contribution in [2.24, 2.45) is 0 Å². The molecule has 0 saturated carbocycles. The number of nitrogens with zero attached hydrogens (tertiary/aromatic N) is 5. The molecule has 3 N–H and O–H groups in total. The first kappa shape index (κ1) is 21.8. The lowest BCUT2D eigenvalue weighted by Crippen LogP contribution is -2.38. The van der Waals surface area contributed by atoms with Crippen LogP contribution in [-0.2, 0) is 10.9 Å². The molecule has 3 aromatic heterocycles. The van der Waals surface area contributed by atoms with E-state index in [0.717, 1.165) is 29.9 Å². The van der Waals surface area contributed by atoms with Crippen molar-refractivity contribution in [2.75, 3.05) is 50.5 Å². The second kappa shape index (κ2) is 8.96. The van der Waals surface area contributed by atoms with Crippen molar-refractivity contribution in [1.29, 1.82) is 0 Å². The molecule has 32 heavy (non-hydrogen) atoms. The Morgan fingerprint density at radius 3 is 2.81 bits per heavy atom. The molecule has 0 aromatic carbocycles. The molecule has 170 valence electrons. The number of rotatable bonds is 6. The van der Waals surface area contributed by atoms with Crippen LogP contribution >= 0.6 is 0 Å². The molecule has 10 nitrogen and oxygen atoms in total. The van der Waals surface area contributed by atoms with Crippen LogP contribution in [0, 0.1) is 0 Å². The Morgan fingerprint density at radius 2 is 2.06 bits per heavy atom. The Morgan fingerprint density at radius 1 is 1.28 bits per heavy atom. The molecule has 0 aliphatic carbocycles. The monoisotopic (exact) mass is 451 g/mol. The molecule has 0 spiro atoms. The van der Waals surface area contributed by atoms with Crippen LogP contribution in [0.3, 0.4) is 0 Å². The number of hydrogen-bond acceptors (Lipinski definition) is 8. The second-order valence-corrected chi connectivity index (χ2v) is 6.97. The lowest BCUT2D eigenvalue weighted by atomic mass is 10.2.